The largest absolute Gasteiger partial charge is 0.491 e. The third-order valence-corrected chi connectivity index (χ3v) is 3.15. The van der Waals surface area contributed by atoms with Crippen LogP contribution < -0.4 is 4.74 Å². The second-order valence-corrected chi connectivity index (χ2v) is 4.94. The first-order valence-electron chi connectivity index (χ1n) is 7.23. The second-order valence-electron chi connectivity index (χ2n) is 4.94. The molecule has 0 fully saturated rings. The van der Waals surface area contributed by atoms with Crippen molar-refractivity contribution in [2.45, 2.75) is 51.6 Å². The lowest BCUT2D eigenvalue weighted by atomic mass is 10.1. The minimum Gasteiger partial charge on any atom is -0.491 e. The Kier molecular flexibility index (Phi) is 7.70. The monoisotopic (exact) mass is 282 g/mol. The van der Waals surface area contributed by atoms with Crippen LogP contribution >= 0.6 is 0 Å². The van der Waals surface area contributed by atoms with E-state index in [0.717, 1.165) is 12.8 Å². The molecule has 0 saturated heterocycles. The van der Waals surface area contributed by atoms with Crippen LogP contribution in [0.5, 0.6) is 5.75 Å². The van der Waals surface area contributed by atoms with E-state index in [1.807, 2.05) is 0 Å². The van der Waals surface area contributed by atoms with E-state index in [2.05, 4.69) is 6.92 Å². The lowest BCUT2D eigenvalue weighted by Crippen LogP contribution is -2.12. The standard InChI is InChI=1S/C16H23FO3/c1-2-3-4-5-6-7-14(17)12-20-15-10-8-13(9-11-15)16(18)19/h8-11,14H,2-7,12H2,1H3,(H,18,19). The number of carboxylic acids is 1. The molecule has 1 aromatic rings. The highest BCUT2D eigenvalue weighted by Gasteiger charge is 2.08. The molecule has 1 rings (SSSR count). The van der Waals surface area contributed by atoms with Crippen molar-refractivity contribution >= 4 is 5.97 Å². The van der Waals surface area contributed by atoms with Crippen LogP contribution in [0.2, 0.25) is 0 Å². The number of alkyl halides is 1. The maximum atomic E-state index is 13.6. The van der Waals surface area contributed by atoms with Crippen molar-refractivity contribution < 1.29 is 19.0 Å². The molecule has 0 aliphatic rings. The molecule has 112 valence electrons. The number of hydrogen-bond donors (Lipinski definition) is 1. The number of rotatable bonds is 10. The van der Waals surface area contributed by atoms with Crippen LogP contribution in [0.25, 0.3) is 0 Å². The number of aromatic carboxylic acids is 1. The highest BCUT2D eigenvalue weighted by atomic mass is 19.1. The Hall–Kier alpha value is -1.58. The van der Waals surface area contributed by atoms with Crippen LogP contribution in [0.3, 0.4) is 0 Å². The smallest absolute Gasteiger partial charge is 0.335 e. The Morgan fingerprint density at radius 3 is 2.45 bits per heavy atom. The Morgan fingerprint density at radius 1 is 1.20 bits per heavy atom. The molecule has 0 aromatic heterocycles. The van der Waals surface area contributed by atoms with Crippen molar-refractivity contribution in [1.82, 2.24) is 0 Å². The van der Waals surface area contributed by atoms with Crippen molar-refractivity contribution in [3.05, 3.63) is 29.8 Å². The first-order chi connectivity index (χ1) is 9.63. The van der Waals surface area contributed by atoms with Gasteiger partial charge in [0.2, 0.25) is 0 Å². The Morgan fingerprint density at radius 2 is 1.85 bits per heavy atom. The van der Waals surface area contributed by atoms with Crippen molar-refractivity contribution in [2.75, 3.05) is 6.61 Å². The highest BCUT2D eigenvalue weighted by Crippen LogP contribution is 2.15. The van der Waals surface area contributed by atoms with E-state index in [1.54, 1.807) is 12.1 Å². The molecule has 0 saturated carbocycles. The second kappa shape index (κ2) is 9.34. The zero-order chi connectivity index (χ0) is 14.8. The van der Waals surface area contributed by atoms with E-state index in [0.29, 0.717) is 12.2 Å². The van der Waals surface area contributed by atoms with Gasteiger partial charge in [0.05, 0.1) is 5.56 Å². The molecule has 0 spiro atoms. The molecule has 3 nitrogen and oxygen atoms in total. The van der Waals surface area contributed by atoms with E-state index in [1.165, 1.54) is 31.4 Å². The predicted molar refractivity (Wildman–Crippen MR) is 77.2 cm³/mol. The van der Waals surface area contributed by atoms with Crippen LogP contribution in [0, 0.1) is 0 Å². The van der Waals surface area contributed by atoms with Gasteiger partial charge in [0.1, 0.15) is 18.5 Å². The van der Waals surface area contributed by atoms with Crippen LogP contribution in [-0.4, -0.2) is 23.9 Å². The first kappa shape index (κ1) is 16.5. The average Bonchev–Trinajstić information content (AvgIpc) is 2.45. The number of unbranched alkanes of at least 4 members (excludes halogenated alkanes) is 4. The summed E-state index contributed by atoms with van der Waals surface area (Å²) in [6.45, 7) is 2.18. The molecule has 0 radical (unpaired) electrons. The fraction of sp³-hybridized carbons (Fsp3) is 0.562. The maximum Gasteiger partial charge on any atom is 0.335 e. The molecule has 1 N–H and O–H groups in total. The molecule has 1 aromatic carbocycles. The summed E-state index contributed by atoms with van der Waals surface area (Å²) >= 11 is 0. The lowest BCUT2D eigenvalue weighted by Gasteiger charge is -2.10. The van der Waals surface area contributed by atoms with Gasteiger partial charge in [-0.3, -0.25) is 0 Å². The summed E-state index contributed by atoms with van der Waals surface area (Å²) in [5.74, 6) is -0.476. The minimum atomic E-state index is -0.980. The van der Waals surface area contributed by atoms with Crippen molar-refractivity contribution in [3.8, 4) is 5.75 Å². The van der Waals surface area contributed by atoms with Gasteiger partial charge in [-0.15, -0.1) is 0 Å². The zero-order valence-corrected chi connectivity index (χ0v) is 12.0. The molecule has 20 heavy (non-hydrogen) atoms. The van der Waals surface area contributed by atoms with Crippen molar-refractivity contribution in [2.24, 2.45) is 0 Å². The third kappa shape index (κ3) is 6.55. The van der Waals surface area contributed by atoms with Gasteiger partial charge >= 0.3 is 5.97 Å². The molecule has 0 bridgehead atoms. The van der Waals surface area contributed by atoms with E-state index in [-0.39, 0.29) is 12.2 Å². The summed E-state index contributed by atoms with van der Waals surface area (Å²) in [6.07, 6.45) is 5.09. The maximum absolute atomic E-state index is 13.6. The summed E-state index contributed by atoms with van der Waals surface area (Å²) in [7, 11) is 0. The molecule has 0 amide bonds. The Balaban J connectivity index is 2.20. The van der Waals surface area contributed by atoms with Gasteiger partial charge in [-0.25, -0.2) is 9.18 Å². The van der Waals surface area contributed by atoms with Crippen LogP contribution in [0.1, 0.15) is 55.8 Å². The Labute approximate surface area is 119 Å². The van der Waals surface area contributed by atoms with Gasteiger partial charge < -0.3 is 9.84 Å². The quantitative estimate of drug-likeness (QED) is 0.644. The molecule has 1 atom stereocenters. The summed E-state index contributed by atoms with van der Waals surface area (Å²) in [6, 6.07) is 6.01. The normalized spacial score (nSPS) is 12.1. The Bertz CT molecular complexity index is 389. The van der Waals surface area contributed by atoms with E-state index in [4.69, 9.17) is 9.84 Å². The molecular weight excluding hydrogens is 259 g/mol. The van der Waals surface area contributed by atoms with Gasteiger partial charge in [0, 0.05) is 0 Å². The van der Waals surface area contributed by atoms with Gasteiger partial charge in [0.15, 0.2) is 0 Å². The summed E-state index contributed by atoms with van der Waals surface area (Å²) < 4.78 is 18.9. The third-order valence-electron chi connectivity index (χ3n) is 3.15. The van der Waals surface area contributed by atoms with Gasteiger partial charge in [-0.2, -0.15) is 0 Å². The first-order valence-corrected chi connectivity index (χ1v) is 7.23. The fourth-order valence-electron chi connectivity index (χ4n) is 1.93. The fourth-order valence-corrected chi connectivity index (χ4v) is 1.93. The van der Waals surface area contributed by atoms with E-state index >= 15 is 0 Å². The van der Waals surface area contributed by atoms with Gasteiger partial charge in [-0.05, 0) is 30.7 Å². The number of benzene rings is 1. The molecule has 4 heteroatoms. The topological polar surface area (TPSA) is 46.5 Å². The van der Waals surface area contributed by atoms with Crippen molar-refractivity contribution in [3.63, 3.8) is 0 Å². The number of hydrogen-bond acceptors (Lipinski definition) is 2. The van der Waals surface area contributed by atoms with Gasteiger partial charge in [0.25, 0.3) is 0 Å². The van der Waals surface area contributed by atoms with Crippen LogP contribution in [0.4, 0.5) is 4.39 Å². The molecule has 1 unspecified atom stereocenters. The highest BCUT2D eigenvalue weighted by molar-refractivity contribution is 5.87. The molecule has 0 aliphatic carbocycles. The van der Waals surface area contributed by atoms with E-state index in [9.17, 15) is 9.18 Å². The van der Waals surface area contributed by atoms with Crippen LogP contribution in [-0.2, 0) is 0 Å². The van der Waals surface area contributed by atoms with E-state index < -0.39 is 12.1 Å². The average molecular weight is 282 g/mol. The summed E-state index contributed by atoms with van der Waals surface area (Å²) in [5, 5.41) is 8.75. The molecule has 0 heterocycles. The summed E-state index contributed by atoms with van der Waals surface area (Å²) in [4.78, 5) is 10.7. The number of ether oxygens (including phenoxy) is 1. The molecule has 0 aliphatic heterocycles. The lowest BCUT2D eigenvalue weighted by molar-refractivity contribution is 0.0697. The van der Waals surface area contributed by atoms with Crippen LogP contribution in [0.15, 0.2) is 24.3 Å². The number of carbonyl (C=O) groups is 1. The minimum absolute atomic E-state index is 0.0280. The zero-order valence-electron chi connectivity index (χ0n) is 12.0. The SMILES string of the molecule is CCCCCCCC(F)COc1ccc(C(=O)O)cc1. The molecular formula is C16H23FO3. The predicted octanol–water partition coefficient (Wildman–Crippen LogP) is 4.46. The number of halogens is 1. The van der Waals surface area contributed by atoms with Crippen molar-refractivity contribution in [1.29, 1.82) is 0 Å². The number of carboxylic acid groups (broad SMARTS) is 1. The summed E-state index contributed by atoms with van der Waals surface area (Å²) in [5.41, 5.74) is 0.199. The van der Waals surface area contributed by atoms with Gasteiger partial charge in [-0.1, -0.05) is 39.0 Å².